The fraction of sp³-hybridized carbons (Fsp3) is 0.500. The van der Waals surface area contributed by atoms with Gasteiger partial charge in [-0.2, -0.15) is 0 Å². The monoisotopic (exact) mass is 399 g/mol. The van der Waals surface area contributed by atoms with E-state index in [0.717, 1.165) is 25.0 Å². The molecule has 1 atom stereocenters. The largest absolute Gasteiger partial charge is 0.376 e. The Bertz CT molecular complexity index is 823. The van der Waals surface area contributed by atoms with Gasteiger partial charge >= 0.3 is 0 Å². The summed E-state index contributed by atoms with van der Waals surface area (Å²) in [6.45, 7) is 8.03. The van der Waals surface area contributed by atoms with Crippen LogP contribution in [0.2, 0.25) is 0 Å². The maximum Gasteiger partial charge on any atom is 0.273 e. The van der Waals surface area contributed by atoms with Crippen molar-refractivity contribution < 1.29 is 18.8 Å². The first-order valence-electron chi connectivity index (χ1n) is 10.1. The maximum absolute atomic E-state index is 13.1. The molecule has 7 heteroatoms. The number of nitrogens with zero attached hydrogens (tertiary/aromatic N) is 2. The molecule has 2 heterocycles. The van der Waals surface area contributed by atoms with Crippen molar-refractivity contribution in [3.05, 3.63) is 52.9 Å². The minimum Gasteiger partial charge on any atom is -0.376 e. The average Bonchev–Trinajstić information content (AvgIpc) is 3.38. The second-order valence-electron chi connectivity index (χ2n) is 7.97. The predicted octanol–water partition coefficient (Wildman–Crippen LogP) is 3.19. The van der Waals surface area contributed by atoms with Crippen LogP contribution >= 0.6 is 0 Å². The number of hydrogen-bond donors (Lipinski definition) is 1. The summed E-state index contributed by atoms with van der Waals surface area (Å²) in [6.07, 6.45) is 1.94. The summed E-state index contributed by atoms with van der Waals surface area (Å²) in [5, 5.41) is 6.68. The Morgan fingerprint density at radius 2 is 2.03 bits per heavy atom. The Balaban J connectivity index is 1.72. The number of amides is 2. The topological polar surface area (TPSA) is 84.7 Å². The van der Waals surface area contributed by atoms with E-state index in [4.69, 9.17) is 9.26 Å². The lowest BCUT2D eigenvalue weighted by atomic mass is 10.1. The number of ether oxygens (including phenoxy) is 1. The van der Waals surface area contributed by atoms with E-state index in [2.05, 4.69) is 10.5 Å². The van der Waals surface area contributed by atoms with Gasteiger partial charge in [-0.1, -0.05) is 36.7 Å². The van der Waals surface area contributed by atoms with Crippen LogP contribution in [0.5, 0.6) is 0 Å². The van der Waals surface area contributed by atoms with Gasteiger partial charge in [-0.25, -0.2) is 0 Å². The second-order valence-corrected chi connectivity index (χ2v) is 7.97. The summed E-state index contributed by atoms with van der Waals surface area (Å²) < 4.78 is 11.1. The fourth-order valence-corrected chi connectivity index (χ4v) is 3.20. The van der Waals surface area contributed by atoms with Crippen LogP contribution in [-0.4, -0.2) is 47.7 Å². The molecule has 3 rings (SSSR count). The van der Waals surface area contributed by atoms with Crippen LogP contribution < -0.4 is 5.32 Å². The molecule has 2 aromatic rings. The molecule has 0 aliphatic carbocycles. The van der Waals surface area contributed by atoms with Gasteiger partial charge in [-0.05, 0) is 37.8 Å². The zero-order valence-corrected chi connectivity index (χ0v) is 17.3. The smallest absolute Gasteiger partial charge is 0.273 e. The molecular formula is C22H29N3O4. The lowest BCUT2D eigenvalue weighted by Gasteiger charge is -2.24. The zero-order chi connectivity index (χ0) is 20.8. The van der Waals surface area contributed by atoms with E-state index in [1.54, 1.807) is 11.0 Å². The third kappa shape index (κ3) is 5.90. The lowest BCUT2D eigenvalue weighted by molar-refractivity contribution is 0.0486. The molecule has 1 fully saturated rings. The Labute approximate surface area is 171 Å². The van der Waals surface area contributed by atoms with Crippen molar-refractivity contribution in [2.45, 2.75) is 46.3 Å². The summed E-state index contributed by atoms with van der Waals surface area (Å²) >= 11 is 0. The first-order valence-corrected chi connectivity index (χ1v) is 10.1. The molecule has 1 saturated heterocycles. The van der Waals surface area contributed by atoms with Crippen molar-refractivity contribution in [3.63, 3.8) is 0 Å². The van der Waals surface area contributed by atoms with Gasteiger partial charge in [0.15, 0.2) is 11.5 Å². The molecule has 7 nitrogen and oxygen atoms in total. The van der Waals surface area contributed by atoms with Gasteiger partial charge < -0.3 is 19.5 Å². The minimum absolute atomic E-state index is 0.0149. The van der Waals surface area contributed by atoms with Crippen molar-refractivity contribution in [1.82, 2.24) is 15.4 Å². The molecule has 1 aromatic carbocycles. The van der Waals surface area contributed by atoms with Crippen LogP contribution in [0.1, 0.15) is 58.9 Å². The van der Waals surface area contributed by atoms with E-state index in [1.807, 2.05) is 45.0 Å². The minimum atomic E-state index is -0.274. The van der Waals surface area contributed by atoms with Crippen molar-refractivity contribution in [2.75, 3.05) is 19.7 Å². The first-order chi connectivity index (χ1) is 13.9. The van der Waals surface area contributed by atoms with Crippen LogP contribution in [0.25, 0.3) is 0 Å². The van der Waals surface area contributed by atoms with Crippen molar-refractivity contribution >= 4 is 11.8 Å². The summed E-state index contributed by atoms with van der Waals surface area (Å²) in [4.78, 5) is 27.0. The Hall–Kier alpha value is -2.67. The highest BCUT2D eigenvalue weighted by atomic mass is 16.5. The van der Waals surface area contributed by atoms with E-state index in [-0.39, 0.29) is 30.2 Å². The second kappa shape index (κ2) is 9.69. The molecule has 29 heavy (non-hydrogen) atoms. The number of carbonyl (C=O) groups excluding carboxylic acids is 2. The van der Waals surface area contributed by atoms with Gasteiger partial charge in [0.25, 0.3) is 11.8 Å². The molecule has 1 N–H and O–H groups in total. The van der Waals surface area contributed by atoms with Gasteiger partial charge in [0.05, 0.1) is 12.6 Å². The first kappa shape index (κ1) is 21.0. The maximum atomic E-state index is 13.1. The summed E-state index contributed by atoms with van der Waals surface area (Å²) in [5.74, 6) is 0.449. The molecule has 0 spiro atoms. The van der Waals surface area contributed by atoms with Crippen molar-refractivity contribution in [3.8, 4) is 0 Å². The molecule has 156 valence electrons. The number of hydrogen-bond acceptors (Lipinski definition) is 5. The number of benzene rings is 1. The van der Waals surface area contributed by atoms with Crippen molar-refractivity contribution in [2.24, 2.45) is 5.92 Å². The summed E-state index contributed by atoms with van der Waals surface area (Å²) in [7, 11) is 0. The molecule has 0 bridgehead atoms. The fourth-order valence-electron chi connectivity index (χ4n) is 3.20. The van der Waals surface area contributed by atoms with Crippen LogP contribution in [0, 0.1) is 12.8 Å². The van der Waals surface area contributed by atoms with Crippen LogP contribution in [0.3, 0.4) is 0 Å². The third-order valence-corrected chi connectivity index (χ3v) is 4.84. The quantitative estimate of drug-likeness (QED) is 0.737. The van der Waals surface area contributed by atoms with Gasteiger partial charge in [0, 0.05) is 31.3 Å². The van der Waals surface area contributed by atoms with E-state index in [1.165, 1.54) is 0 Å². The highest BCUT2D eigenvalue weighted by Gasteiger charge is 2.25. The Morgan fingerprint density at radius 1 is 1.28 bits per heavy atom. The van der Waals surface area contributed by atoms with Gasteiger partial charge in [0.2, 0.25) is 0 Å². The molecule has 1 unspecified atom stereocenters. The average molecular weight is 399 g/mol. The van der Waals surface area contributed by atoms with E-state index >= 15 is 0 Å². The van der Waals surface area contributed by atoms with Gasteiger partial charge in [0.1, 0.15) is 0 Å². The zero-order valence-electron chi connectivity index (χ0n) is 17.3. The van der Waals surface area contributed by atoms with Gasteiger partial charge in [-0.15, -0.1) is 0 Å². The normalized spacial score (nSPS) is 16.2. The van der Waals surface area contributed by atoms with Crippen LogP contribution in [0.4, 0.5) is 0 Å². The van der Waals surface area contributed by atoms with Crippen LogP contribution in [0.15, 0.2) is 34.9 Å². The van der Waals surface area contributed by atoms with Gasteiger partial charge in [-0.3, -0.25) is 9.59 Å². The highest BCUT2D eigenvalue weighted by Crippen LogP contribution is 2.18. The van der Waals surface area contributed by atoms with E-state index in [9.17, 15) is 9.59 Å². The van der Waals surface area contributed by atoms with Crippen LogP contribution in [-0.2, 0) is 11.3 Å². The number of rotatable bonds is 8. The molecular weight excluding hydrogens is 370 g/mol. The van der Waals surface area contributed by atoms with E-state index < -0.39 is 0 Å². The molecule has 1 aliphatic heterocycles. The Morgan fingerprint density at radius 3 is 2.69 bits per heavy atom. The molecule has 1 aliphatic rings. The lowest BCUT2D eigenvalue weighted by Crippen LogP contribution is -2.36. The molecule has 2 amide bonds. The molecule has 1 aromatic heterocycles. The third-order valence-electron chi connectivity index (χ3n) is 4.84. The molecule has 0 saturated carbocycles. The SMILES string of the molecule is Cc1ccc(C(=O)N(Cc2cc(C(=O)NCC(C)C)no2)CC2CCCO2)cc1. The summed E-state index contributed by atoms with van der Waals surface area (Å²) in [5.41, 5.74) is 1.93. The summed E-state index contributed by atoms with van der Waals surface area (Å²) in [6, 6.07) is 9.09. The number of carbonyl (C=O) groups is 2. The Kier molecular flexibility index (Phi) is 7.04. The standard InChI is InChI=1S/C22H29N3O4/c1-15(2)12-23-21(26)20-11-19(29-24-20)14-25(13-18-5-4-10-28-18)22(27)17-8-6-16(3)7-9-17/h6-9,11,15,18H,4-5,10,12-14H2,1-3H3,(H,23,26). The predicted molar refractivity (Wildman–Crippen MR) is 109 cm³/mol. The molecule has 0 radical (unpaired) electrons. The highest BCUT2D eigenvalue weighted by molar-refractivity contribution is 5.94. The van der Waals surface area contributed by atoms with E-state index in [0.29, 0.717) is 30.3 Å². The number of aromatic nitrogens is 1. The van der Waals surface area contributed by atoms with Crippen molar-refractivity contribution in [1.29, 1.82) is 0 Å². The number of nitrogens with one attached hydrogen (secondary N) is 1. The number of aryl methyl sites for hydroxylation is 1.